The zero-order chi connectivity index (χ0) is 14.0. The van der Waals surface area contributed by atoms with Gasteiger partial charge >= 0.3 is 0 Å². The Balaban J connectivity index is 2.73. The van der Waals surface area contributed by atoms with Gasteiger partial charge in [-0.15, -0.1) is 5.10 Å². The van der Waals surface area contributed by atoms with E-state index in [9.17, 15) is 4.79 Å². The Morgan fingerprint density at radius 2 is 1.79 bits per heavy atom. The lowest BCUT2D eigenvalue weighted by Gasteiger charge is -2.11. The highest BCUT2D eigenvalue weighted by molar-refractivity contribution is 6.37. The average Bonchev–Trinajstić information content (AvgIpc) is 2.39. The lowest BCUT2D eigenvalue weighted by Crippen LogP contribution is -2.21. The summed E-state index contributed by atoms with van der Waals surface area (Å²) in [7, 11) is 2.85. The smallest absolute Gasteiger partial charge is 0.275 e. The Hall–Kier alpha value is -1.72. The van der Waals surface area contributed by atoms with Crippen LogP contribution in [-0.4, -0.2) is 24.0 Å². The van der Waals surface area contributed by atoms with Crippen molar-refractivity contribution < 1.29 is 9.47 Å². The van der Waals surface area contributed by atoms with E-state index in [1.807, 2.05) is 0 Å². The van der Waals surface area contributed by atoms with Gasteiger partial charge in [0.15, 0.2) is 5.75 Å². The monoisotopic (exact) mass is 300 g/mol. The lowest BCUT2D eigenvalue weighted by molar-refractivity contribution is 0.333. The molecular formula is C12H10Cl2N2O3. The zero-order valence-corrected chi connectivity index (χ0v) is 11.7. The maximum atomic E-state index is 12.0. The summed E-state index contributed by atoms with van der Waals surface area (Å²) in [4.78, 5) is 12.0. The molecule has 0 radical (unpaired) electrons. The molecule has 2 rings (SSSR count). The van der Waals surface area contributed by atoms with Crippen LogP contribution >= 0.6 is 23.2 Å². The number of nitrogens with zero attached hydrogens (tertiary/aromatic N) is 2. The van der Waals surface area contributed by atoms with Crippen molar-refractivity contribution in [3.05, 3.63) is 44.7 Å². The van der Waals surface area contributed by atoms with Gasteiger partial charge in [-0.1, -0.05) is 29.3 Å². The molecule has 100 valence electrons. The van der Waals surface area contributed by atoms with Crippen LogP contribution in [0.1, 0.15) is 0 Å². The molecule has 0 bridgehead atoms. The molecule has 0 amide bonds. The third-order valence-corrected chi connectivity index (χ3v) is 3.04. The number of halogens is 2. The second kappa shape index (κ2) is 5.50. The third kappa shape index (κ3) is 2.52. The van der Waals surface area contributed by atoms with E-state index in [0.717, 1.165) is 4.68 Å². The maximum Gasteiger partial charge on any atom is 0.275 e. The van der Waals surface area contributed by atoms with E-state index in [-0.39, 0.29) is 11.6 Å². The SMILES string of the molecule is COc1cc(=O)n(-c2c(Cl)cccc2Cl)nc1OC. The lowest BCUT2D eigenvalue weighted by atomic mass is 10.3. The van der Waals surface area contributed by atoms with Gasteiger partial charge < -0.3 is 9.47 Å². The minimum absolute atomic E-state index is 0.165. The third-order valence-electron chi connectivity index (χ3n) is 2.43. The minimum Gasteiger partial charge on any atom is -0.491 e. The van der Waals surface area contributed by atoms with Crippen molar-refractivity contribution in [2.75, 3.05) is 14.2 Å². The summed E-state index contributed by atoms with van der Waals surface area (Å²) < 4.78 is 11.1. The molecule has 0 aliphatic rings. The first-order valence-electron chi connectivity index (χ1n) is 5.25. The van der Waals surface area contributed by atoms with Crippen LogP contribution in [-0.2, 0) is 0 Å². The predicted octanol–water partition coefficient (Wildman–Crippen LogP) is 2.56. The Kier molecular flexibility index (Phi) is 3.97. The summed E-state index contributed by atoms with van der Waals surface area (Å²) >= 11 is 12.1. The van der Waals surface area contributed by atoms with Crippen molar-refractivity contribution in [3.63, 3.8) is 0 Å². The van der Waals surface area contributed by atoms with Crippen molar-refractivity contribution in [3.8, 4) is 17.3 Å². The first-order valence-corrected chi connectivity index (χ1v) is 6.00. The van der Waals surface area contributed by atoms with Gasteiger partial charge in [-0.3, -0.25) is 4.79 Å². The van der Waals surface area contributed by atoms with Crippen LogP contribution in [0.5, 0.6) is 11.6 Å². The number of methoxy groups -OCH3 is 2. The van der Waals surface area contributed by atoms with Crippen LogP contribution in [0.3, 0.4) is 0 Å². The van der Waals surface area contributed by atoms with Crippen LogP contribution in [0.25, 0.3) is 5.69 Å². The molecule has 0 aliphatic carbocycles. The quantitative estimate of drug-likeness (QED) is 0.874. The Labute approximate surface area is 119 Å². The van der Waals surface area contributed by atoms with Crippen molar-refractivity contribution in [1.29, 1.82) is 0 Å². The molecule has 1 aromatic heterocycles. The number of rotatable bonds is 3. The molecule has 0 atom stereocenters. The molecule has 0 N–H and O–H groups in total. The molecule has 5 nitrogen and oxygen atoms in total. The maximum absolute atomic E-state index is 12.0. The number of aromatic nitrogens is 2. The molecule has 0 fully saturated rings. The van der Waals surface area contributed by atoms with Gasteiger partial charge in [0.25, 0.3) is 11.4 Å². The topological polar surface area (TPSA) is 53.4 Å². The highest BCUT2D eigenvalue weighted by atomic mass is 35.5. The molecular weight excluding hydrogens is 291 g/mol. The highest BCUT2D eigenvalue weighted by Crippen LogP contribution is 2.28. The molecule has 7 heteroatoms. The second-order valence-corrected chi connectivity index (χ2v) is 4.36. The molecule has 1 heterocycles. The second-order valence-electron chi connectivity index (χ2n) is 3.54. The van der Waals surface area contributed by atoms with E-state index < -0.39 is 5.56 Å². The zero-order valence-electron chi connectivity index (χ0n) is 10.2. The molecule has 0 saturated heterocycles. The standard InChI is InChI=1S/C12H10Cl2N2O3/c1-18-9-6-10(17)16(15-12(9)19-2)11-7(13)4-3-5-8(11)14/h3-6H,1-2H3. The number of hydrogen-bond donors (Lipinski definition) is 0. The van der Waals surface area contributed by atoms with Gasteiger partial charge in [0.1, 0.15) is 5.69 Å². The van der Waals surface area contributed by atoms with E-state index in [0.29, 0.717) is 15.7 Å². The molecule has 0 saturated carbocycles. The molecule has 1 aromatic carbocycles. The van der Waals surface area contributed by atoms with Crippen LogP contribution in [0.15, 0.2) is 29.1 Å². The fourth-order valence-corrected chi connectivity index (χ4v) is 2.12. The van der Waals surface area contributed by atoms with E-state index in [2.05, 4.69) is 5.10 Å². The summed E-state index contributed by atoms with van der Waals surface area (Å²) in [5.41, 5.74) is -0.121. The van der Waals surface area contributed by atoms with Crippen molar-refractivity contribution >= 4 is 23.2 Å². The number of para-hydroxylation sites is 1. The average molecular weight is 301 g/mol. The Bertz CT molecular complexity index is 650. The van der Waals surface area contributed by atoms with Gasteiger partial charge in [-0.05, 0) is 12.1 Å². The Morgan fingerprint density at radius 1 is 1.16 bits per heavy atom. The van der Waals surface area contributed by atoms with Crippen LogP contribution in [0.4, 0.5) is 0 Å². The van der Waals surface area contributed by atoms with Gasteiger partial charge in [0.2, 0.25) is 0 Å². The minimum atomic E-state index is -0.423. The largest absolute Gasteiger partial charge is 0.491 e. The van der Waals surface area contributed by atoms with E-state index in [4.69, 9.17) is 32.7 Å². The summed E-state index contributed by atoms with van der Waals surface area (Å²) in [6.45, 7) is 0. The van der Waals surface area contributed by atoms with Crippen molar-refractivity contribution in [2.45, 2.75) is 0 Å². The first-order chi connectivity index (χ1) is 9.08. The summed E-state index contributed by atoms with van der Waals surface area (Å²) in [5.74, 6) is 0.407. The fourth-order valence-electron chi connectivity index (χ4n) is 1.56. The molecule has 0 unspecified atom stereocenters. The Morgan fingerprint density at radius 3 is 2.32 bits per heavy atom. The normalized spacial score (nSPS) is 10.3. The van der Waals surface area contributed by atoms with E-state index >= 15 is 0 Å². The number of benzene rings is 1. The summed E-state index contributed by atoms with van der Waals surface area (Å²) in [6.07, 6.45) is 0. The molecule has 0 aliphatic heterocycles. The molecule has 0 spiro atoms. The predicted molar refractivity (Wildman–Crippen MR) is 73.0 cm³/mol. The van der Waals surface area contributed by atoms with Crippen LogP contribution < -0.4 is 15.0 Å². The number of hydrogen-bond acceptors (Lipinski definition) is 4. The van der Waals surface area contributed by atoms with Crippen molar-refractivity contribution in [1.82, 2.24) is 9.78 Å². The van der Waals surface area contributed by atoms with Gasteiger partial charge in [-0.2, -0.15) is 4.68 Å². The van der Waals surface area contributed by atoms with Crippen LogP contribution in [0.2, 0.25) is 10.0 Å². The molecule has 2 aromatic rings. The van der Waals surface area contributed by atoms with Gasteiger partial charge in [0.05, 0.1) is 30.3 Å². The van der Waals surface area contributed by atoms with Crippen molar-refractivity contribution in [2.24, 2.45) is 0 Å². The highest BCUT2D eigenvalue weighted by Gasteiger charge is 2.15. The number of ether oxygens (including phenoxy) is 2. The van der Waals surface area contributed by atoms with Gasteiger partial charge in [0, 0.05) is 0 Å². The summed E-state index contributed by atoms with van der Waals surface area (Å²) in [6, 6.07) is 6.17. The van der Waals surface area contributed by atoms with E-state index in [1.165, 1.54) is 20.3 Å². The fraction of sp³-hybridized carbons (Fsp3) is 0.167. The summed E-state index contributed by atoms with van der Waals surface area (Å²) in [5, 5.41) is 4.67. The van der Waals surface area contributed by atoms with E-state index in [1.54, 1.807) is 18.2 Å². The first kappa shape index (κ1) is 13.7. The van der Waals surface area contributed by atoms with Gasteiger partial charge in [-0.25, -0.2) is 0 Å². The van der Waals surface area contributed by atoms with Crippen LogP contribution in [0, 0.1) is 0 Å². The molecule has 19 heavy (non-hydrogen) atoms.